The summed E-state index contributed by atoms with van der Waals surface area (Å²) in [5, 5.41) is 0. The largest absolute Gasteiger partial charge is 0.405 e. The molecule has 2 aromatic rings. The lowest BCUT2D eigenvalue weighted by atomic mass is 9.79. The van der Waals surface area contributed by atoms with Crippen LogP contribution in [0, 0.1) is 5.92 Å². The van der Waals surface area contributed by atoms with Gasteiger partial charge in [0.05, 0.1) is 0 Å². The fraction of sp³-hybridized carbons (Fsp3) is 0.458. The minimum atomic E-state index is -4.33. The molecule has 1 aliphatic carbocycles. The van der Waals surface area contributed by atoms with Gasteiger partial charge in [0, 0.05) is 43.7 Å². The second-order valence-corrected chi connectivity index (χ2v) is 8.57. The number of hydrogen-bond donors (Lipinski definition) is 0. The van der Waals surface area contributed by atoms with Crippen molar-refractivity contribution in [3.05, 3.63) is 59.7 Å². The van der Waals surface area contributed by atoms with Gasteiger partial charge in [-0.2, -0.15) is 26.3 Å². The molecule has 0 spiro atoms. The number of rotatable bonds is 7. The van der Waals surface area contributed by atoms with E-state index in [9.17, 15) is 31.1 Å². The van der Waals surface area contributed by atoms with E-state index >= 15 is 0 Å². The van der Waals surface area contributed by atoms with Crippen molar-refractivity contribution in [1.82, 2.24) is 0 Å². The van der Waals surface area contributed by atoms with Gasteiger partial charge in [0.1, 0.15) is 18.9 Å². The number of ketones is 1. The molecule has 3 nitrogen and oxygen atoms in total. The first-order valence-electron chi connectivity index (χ1n) is 10.6. The van der Waals surface area contributed by atoms with E-state index in [0.717, 1.165) is 27.3 Å². The number of anilines is 2. The Morgan fingerprint density at radius 2 is 1.18 bits per heavy atom. The maximum absolute atomic E-state index is 12.7. The molecular formula is C24H26F6N2O. The number of halogens is 6. The Bertz CT molecular complexity index is 872. The molecule has 2 aromatic carbocycles. The van der Waals surface area contributed by atoms with Crippen LogP contribution in [-0.4, -0.2) is 45.3 Å². The molecule has 0 aromatic heterocycles. The minimum Gasteiger partial charge on any atom is -0.366 e. The number of nitrogens with zero attached hydrogens (tertiary/aromatic N) is 2. The van der Waals surface area contributed by atoms with Gasteiger partial charge >= 0.3 is 12.4 Å². The summed E-state index contributed by atoms with van der Waals surface area (Å²) in [6, 6.07) is 13.3. The third kappa shape index (κ3) is 6.65. The number of hydrogen-bond acceptors (Lipinski definition) is 3. The fourth-order valence-corrected chi connectivity index (χ4v) is 4.44. The van der Waals surface area contributed by atoms with Gasteiger partial charge in [0.15, 0.2) is 0 Å². The van der Waals surface area contributed by atoms with E-state index in [2.05, 4.69) is 0 Å². The fourth-order valence-electron chi connectivity index (χ4n) is 4.44. The van der Waals surface area contributed by atoms with Gasteiger partial charge in [-0.1, -0.05) is 24.3 Å². The summed E-state index contributed by atoms with van der Waals surface area (Å²) in [6.45, 7) is -2.16. The molecule has 0 saturated heterocycles. The molecule has 1 unspecified atom stereocenters. The van der Waals surface area contributed by atoms with Crippen LogP contribution in [0.15, 0.2) is 48.5 Å². The molecule has 0 heterocycles. The Morgan fingerprint density at radius 3 is 1.48 bits per heavy atom. The van der Waals surface area contributed by atoms with Crippen LogP contribution < -0.4 is 9.80 Å². The van der Waals surface area contributed by atoms with Gasteiger partial charge in [0.2, 0.25) is 0 Å². The van der Waals surface area contributed by atoms with Crippen molar-refractivity contribution >= 4 is 17.2 Å². The summed E-state index contributed by atoms with van der Waals surface area (Å²) in [5.41, 5.74) is 2.38. The number of carbonyl (C=O) groups is 1. The normalized spacial score (nSPS) is 17.0. The Morgan fingerprint density at radius 1 is 0.788 bits per heavy atom. The van der Waals surface area contributed by atoms with Crippen molar-refractivity contribution in [1.29, 1.82) is 0 Å². The Labute approximate surface area is 189 Å². The van der Waals surface area contributed by atoms with E-state index in [1.807, 2.05) is 0 Å². The molecule has 1 aliphatic rings. The Kier molecular flexibility index (Phi) is 7.29. The van der Waals surface area contributed by atoms with Crippen molar-refractivity contribution < 1.29 is 31.1 Å². The maximum atomic E-state index is 12.7. The van der Waals surface area contributed by atoms with E-state index in [1.54, 1.807) is 48.5 Å². The molecule has 0 bridgehead atoms. The number of alkyl halides is 6. The van der Waals surface area contributed by atoms with E-state index in [-0.39, 0.29) is 17.6 Å². The van der Waals surface area contributed by atoms with E-state index in [4.69, 9.17) is 0 Å². The lowest BCUT2D eigenvalue weighted by molar-refractivity contribution is -0.121. The molecule has 9 heteroatoms. The van der Waals surface area contributed by atoms with Crippen molar-refractivity contribution in [2.24, 2.45) is 5.92 Å². The summed E-state index contributed by atoms with van der Waals surface area (Å²) in [6.07, 6.45) is -6.73. The molecule has 0 aliphatic heterocycles. The van der Waals surface area contributed by atoms with Gasteiger partial charge in [-0.25, -0.2) is 0 Å². The predicted octanol–water partition coefficient (Wildman–Crippen LogP) is 6.18. The molecule has 1 atom stereocenters. The standard InChI is InChI=1S/C24H26F6N2O/c1-31(14-23(25,26)27)18-10-6-16(7-11-18)22(20-4-3-5-21(20)33)17-8-12-19(13-9-17)32(2)15-24(28,29)30/h6-13,20,22H,3-5,14-15H2,1-2H3. The summed E-state index contributed by atoms with van der Waals surface area (Å²) in [4.78, 5) is 14.8. The van der Waals surface area contributed by atoms with Crippen LogP contribution in [0.3, 0.4) is 0 Å². The van der Waals surface area contributed by atoms with Crippen molar-refractivity contribution in [3.8, 4) is 0 Å². The highest BCUT2D eigenvalue weighted by Gasteiger charge is 2.35. The number of carbonyl (C=O) groups excluding carboxylic acids is 1. The van der Waals surface area contributed by atoms with Crippen molar-refractivity contribution in [3.63, 3.8) is 0 Å². The molecule has 33 heavy (non-hydrogen) atoms. The van der Waals surface area contributed by atoms with E-state index in [1.165, 1.54) is 14.1 Å². The third-order valence-electron chi connectivity index (χ3n) is 5.97. The lowest BCUT2D eigenvalue weighted by Crippen LogP contribution is -2.30. The van der Waals surface area contributed by atoms with Gasteiger partial charge in [-0.3, -0.25) is 4.79 Å². The lowest BCUT2D eigenvalue weighted by Gasteiger charge is -2.26. The predicted molar refractivity (Wildman–Crippen MR) is 116 cm³/mol. The van der Waals surface area contributed by atoms with Crippen molar-refractivity contribution in [2.75, 3.05) is 37.0 Å². The average molecular weight is 472 g/mol. The first-order valence-corrected chi connectivity index (χ1v) is 10.6. The molecule has 1 fully saturated rings. The van der Waals surface area contributed by atoms with Crippen LogP contribution in [0.1, 0.15) is 36.3 Å². The van der Waals surface area contributed by atoms with Crippen LogP contribution in [0.5, 0.6) is 0 Å². The minimum absolute atomic E-state index is 0.122. The zero-order valence-corrected chi connectivity index (χ0v) is 18.4. The molecule has 1 saturated carbocycles. The molecule has 0 N–H and O–H groups in total. The second kappa shape index (κ2) is 9.65. The van der Waals surface area contributed by atoms with Crippen LogP contribution in [-0.2, 0) is 4.79 Å². The maximum Gasteiger partial charge on any atom is 0.405 e. The number of Topliss-reactive ketones (excluding diaryl/α,β-unsaturated/α-hetero) is 1. The van der Waals surface area contributed by atoms with Crippen molar-refractivity contribution in [2.45, 2.75) is 37.5 Å². The van der Waals surface area contributed by atoms with Gasteiger partial charge in [0.25, 0.3) is 0 Å². The SMILES string of the molecule is CN(CC(F)(F)F)c1ccc(C(c2ccc(N(C)CC(F)(F)F)cc2)C2CCCC2=O)cc1. The first kappa shape index (κ1) is 24.9. The van der Waals surface area contributed by atoms with Gasteiger partial charge in [-0.15, -0.1) is 0 Å². The zero-order chi connectivity index (χ0) is 24.4. The highest BCUT2D eigenvalue weighted by molar-refractivity contribution is 5.84. The molecule has 3 rings (SSSR count). The molecule has 0 amide bonds. The molecule has 0 radical (unpaired) electrons. The van der Waals surface area contributed by atoms with Crippen LogP contribution in [0.25, 0.3) is 0 Å². The summed E-state index contributed by atoms with van der Waals surface area (Å²) >= 11 is 0. The molecule has 180 valence electrons. The highest BCUT2D eigenvalue weighted by atomic mass is 19.4. The summed E-state index contributed by atoms with van der Waals surface area (Å²) in [7, 11) is 2.72. The smallest absolute Gasteiger partial charge is 0.366 e. The van der Waals surface area contributed by atoms with Crippen LogP contribution >= 0.6 is 0 Å². The summed E-state index contributed by atoms with van der Waals surface area (Å²) < 4.78 is 76.2. The monoisotopic (exact) mass is 472 g/mol. The van der Waals surface area contributed by atoms with E-state index < -0.39 is 25.4 Å². The molecular weight excluding hydrogens is 446 g/mol. The van der Waals surface area contributed by atoms with Gasteiger partial charge in [-0.05, 0) is 48.2 Å². The quantitative estimate of drug-likeness (QED) is 0.450. The summed E-state index contributed by atoms with van der Waals surface area (Å²) in [5.74, 6) is -0.469. The first-order chi connectivity index (χ1) is 15.3. The van der Waals surface area contributed by atoms with Gasteiger partial charge < -0.3 is 9.80 Å². The zero-order valence-electron chi connectivity index (χ0n) is 18.4. The average Bonchev–Trinajstić information content (AvgIpc) is 3.12. The van der Waals surface area contributed by atoms with Crippen LogP contribution in [0.4, 0.5) is 37.7 Å². The van der Waals surface area contributed by atoms with E-state index in [0.29, 0.717) is 24.2 Å². The topological polar surface area (TPSA) is 23.6 Å². The van der Waals surface area contributed by atoms with Crippen LogP contribution in [0.2, 0.25) is 0 Å². The second-order valence-electron chi connectivity index (χ2n) is 8.57. The number of benzene rings is 2. The third-order valence-corrected chi connectivity index (χ3v) is 5.97. The Hall–Kier alpha value is -2.71. The Balaban J connectivity index is 1.88. The highest BCUT2D eigenvalue weighted by Crippen LogP contribution is 2.40.